The molecule has 0 aliphatic heterocycles. The molecule has 0 saturated heterocycles. The Kier molecular flexibility index (Phi) is 4.72. The highest BCUT2D eigenvalue weighted by molar-refractivity contribution is 7.91. The fourth-order valence-corrected chi connectivity index (χ4v) is 1.91. The van der Waals surface area contributed by atoms with E-state index in [1.54, 1.807) is 18.6 Å². The van der Waals surface area contributed by atoms with Crippen molar-refractivity contribution in [1.29, 1.82) is 5.26 Å². The quantitative estimate of drug-likeness (QED) is 0.867. The van der Waals surface area contributed by atoms with Gasteiger partial charge in [0.15, 0.2) is 0 Å². The minimum atomic E-state index is -4.06. The third-order valence-corrected chi connectivity index (χ3v) is 2.77. The maximum Gasteiger partial charge on any atom is 0.422 e. The topological polar surface area (TPSA) is 108 Å². The van der Waals surface area contributed by atoms with Crippen LogP contribution in [0.15, 0.2) is 24.3 Å². The molecule has 19 heavy (non-hydrogen) atoms. The lowest BCUT2D eigenvalue weighted by molar-refractivity contribution is 0.121. The van der Waals surface area contributed by atoms with E-state index in [0.717, 1.165) is 0 Å². The second-order valence-electron chi connectivity index (χ2n) is 3.85. The Morgan fingerprint density at radius 2 is 1.89 bits per heavy atom. The highest BCUT2D eigenvalue weighted by atomic mass is 32.2. The number of amides is 1. The van der Waals surface area contributed by atoms with Gasteiger partial charge in [-0.25, -0.2) is 9.52 Å². The van der Waals surface area contributed by atoms with E-state index < -0.39 is 22.4 Å². The first-order valence-corrected chi connectivity index (χ1v) is 6.82. The lowest BCUT2D eigenvalue weighted by Crippen LogP contribution is -2.36. The molecule has 7 nitrogen and oxygen atoms in total. The molecule has 8 heteroatoms. The second kappa shape index (κ2) is 6.06. The van der Waals surface area contributed by atoms with Crippen LogP contribution in [0.1, 0.15) is 19.4 Å². The number of hydrogen-bond acceptors (Lipinski definition) is 5. The van der Waals surface area contributed by atoms with Gasteiger partial charge < -0.3 is 4.74 Å². The molecule has 102 valence electrons. The molecule has 0 aromatic heterocycles. The molecule has 0 radical (unpaired) electrons. The zero-order valence-electron chi connectivity index (χ0n) is 10.4. The Labute approximate surface area is 111 Å². The normalized spacial score (nSPS) is 10.6. The Bertz CT molecular complexity index is 587. The summed E-state index contributed by atoms with van der Waals surface area (Å²) in [6.45, 7) is 3.19. The SMILES string of the molecule is CC(C)OC(=O)NS(=O)(=O)Nc1ccc(C#N)cc1. The first kappa shape index (κ1) is 14.8. The van der Waals surface area contributed by atoms with Crippen molar-refractivity contribution in [2.45, 2.75) is 20.0 Å². The number of rotatable bonds is 4. The number of nitrogens with zero attached hydrogens (tertiary/aromatic N) is 1. The van der Waals surface area contributed by atoms with E-state index in [9.17, 15) is 13.2 Å². The van der Waals surface area contributed by atoms with Gasteiger partial charge in [0.05, 0.1) is 23.4 Å². The van der Waals surface area contributed by atoms with E-state index in [-0.39, 0.29) is 5.69 Å². The van der Waals surface area contributed by atoms with E-state index in [2.05, 4.69) is 9.46 Å². The predicted octanol–water partition coefficient (Wildman–Crippen LogP) is 1.35. The smallest absolute Gasteiger partial charge is 0.422 e. The molecule has 0 fully saturated rings. The monoisotopic (exact) mass is 283 g/mol. The Balaban J connectivity index is 2.69. The molecular weight excluding hydrogens is 270 g/mol. The average molecular weight is 283 g/mol. The summed E-state index contributed by atoms with van der Waals surface area (Å²) < 4.78 is 31.6. The van der Waals surface area contributed by atoms with Crippen LogP contribution in [0.25, 0.3) is 0 Å². The number of anilines is 1. The molecule has 1 aromatic carbocycles. The van der Waals surface area contributed by atoms with Crippen LogP contribution in [-0.4, -0.2) is 20.6 Å². The number of hydrogen-bond donors (Lipinski definition) is 2. The summed E-state index contributed by atoms with van der Waals surface area (Å²) in [7, 11) is -4.06. The summed E-state index contributed by atoms with van der Waals surface area (Å²) in [5.74, 6) is 0. The zero-order chi connectivity index (χ0) is 14.5. The van der Waals surface area contributed by atoms with Gasteiger partial charge in [-0.3, -0.25) is 4.72 Å². The fourth-order valence-electron chi connectivity index (χ4n) is 1.14. The van der Waals surface area contributed by atoms with Gasteiger partial charge in [0.2, 0.25) is 0 Å². The molecule has 0 aliphatic rings. The van der Waals surface area contributed by atoms with Crippen molar-refractivity contribution in [2.75, 3.05) is 4.72 Å². The highest BCUT2D eigenvalue weighted by Crippen LogP contribution is 2.10. The fraction of sp³-hybridized carbons (Fsp3) is 0.273. The summed E-state index contributed by atoms with van der Waals surface area (Å²) in [5, 5.41) is 8.60. The van der Waals surface area contributed by atoms with Crippen molar-refractivity contribution in [3.63, 3.8) is 0 Å². The molecule has 1 amide bonds. The molecule has 0 bridgehead atoms. The molecular formula is C11H13N3O4S. The van der Waals surface area contributed by atoms with Crippen molar-refractivity contribution >= 4 is 22.0 Å². The zero-order valence-corrected chi connectivity index (χ0v) is 11.2. The van der Waals surface area contributed by atoms with Gasteiger partial charge >= 0.3 is 16.3 Å². The number of ether oxygens (including phenoxy) is 1. The van der Waals surface area contributed by atoms with Crippen LogP contribution in [0.3, 0.4) is 0 Å². The van der Waals surface area contributed by atoms with E-state index >= 15 is 0 Å². The van der Waals surface area contributed by atoms with Gasteiger partial charge in [-0.15, -0.1) is 0 Å². The minimum absolute atomic E-state index is 0.226. The summed E-state index contributed by atoms with van der Waals surface area (Å²) in [4.78, 5) is 11.2. The number of nitrogens with one attached hydrogen (secondary N) is 2. The summed E-state index contributed by atoms with van der Waals surface area (Å²) in [5.41, 5.74) is 0.624. The molecule has 0 atom stereocenters. The molecule has 1 aromatic rings. The summed E-state index contributed by atoms with van der Waals surface area (Å²) in [6, 6.07) is 7.62. The second-order valence-corrected chi connectivity index (χ2v) is 5.27. The van der Waals surface area contributed by atoms with Crippen molar-refractivity contribution in [2.24, 2.45) is 0 Å². The predicted molar refractivity (Wildman–Crippen MR) is 68.5 cm³/mol. The van der Waals surface area contributed by atoms with Crippen LogP contribution in [0.4, 0.5) is 10.5 Å². The minimum Gasteiger partial charge on any atom is -0.446 e. The first-order chi connectivity index (χ1) is 8.82. The van der Waals surface area contributed by atoms with Crippen molar-refractivity contribution in [1.82, 2.24) is 4.72 Å². The number of carbonyl (C=O) groups excluding carboxylic acids is 1. The first-order valence-electron chi connectivity index (χ1n) is 5.34. The molecule has 2 N–H and O–H groups in total. The van der Waals surface area contributed by atoms with Crippen molar-refractivity contribution < 1.29 is 17.9 Å². The van der Waals surface area contributed by atoms with Gasteiger partial charge in [0, 0.05) is 0 Å². The number of benzene rings is 1. The third-order valence-electron chi connectivity index (χ3n) is 1.83. The van der Waals surface area contributed by atoms with Crippen molar-refractivity contribution in [3.05, 3.63) is 29.8 Å². The van der Waals surface area contributed by atoms with Gasteiger partial charge in [-0.2, -0.15) is 13.7 Å². The van der Waals surface area contributed by atoms with Gasteiger partial charge in [-0.1, -0.05) is 0 Å². The highest BCUT2D eigenvalue weighted by Gasteiger charge is 2.16. The molecule has 0 spiro atoms. The maximum atomic E-state index is 11.6. The Hall–Kier alpha value is -2.27. The summed E-state index contributed by atoms with van der Waals surface area (Å²) in [6.07, 6.45) is -1.48. The Morgan fingerprint density at radius 1 is 1.32 bits per heavy atom. The van der Waals surface area contributed by atoms with Gasteiger partial charge in [0.25, 0.3) is 0 Å². The molecule has 0 aliphatic carbocycles. The average Bonchev–Trinajstić information content (AvgIpc) is 2.27. The Morgan fingerprint density at radius 3 is 2.37 bits per heavy atom. The molecule has 0 saturated carbocycles. The standard InChI is InChI=1S/C11H13N3O4S/c1-8(2)18-11(15)14-19(16,17)13-10-5-3-9(7-12)4-6-10/h3-6,8,13H,1-2H3,(H,14,15). The van der Waals surface area contributed by atoms with Crippen LogP contribution in [0.2, 0.25) is 0 Å². The number of carbonyl (C=O) groups is 1. The largest absolute Gasteiger partial charge is 0.446 e. The van der Waals surface area contributed by atoms with Crippen LogP contribution in [0.5, 0.6) is 0 Å². The van der Waals surface area contributed by atoms with Crippen LogP contribution in [0, 0.1) is 11.3 Å². The lowest BCUT2D eigenvalue weighted by Gasteiger charge is -2.11. The molecule has 0 heterocycles. The van der Waals surface area contributed by atoms with E-state index in [1.807, 2.05) is 6.07 Å². The van der Waals surface area contributed by atoms with Crippen molar-refractivity contribution in [3.8, 4) is 6.07 Å². The molecule has 1 rings (SSSR count). The van der Waals surface area contributed by atoms with E-state index in [4.69, 9.17) is 5.26 Å². The lowest BCUT2D eigenvalue weighted by atomic mass is 10.2. The van der Waals surface area contributed by atoms with E-state index in [0.29, 0.717) is 5.56 Å². The summed E-state index contributed by atoms with van der Waals surface area (Å²) >= 11 is 0. The van der Waals surface area contributed by atoms with Gasteiger partial charge in [0.1, 0.15) is 0 Å². The van der Waals surface area contributed by atoms with Crippen LogP contribution >= 0.6 is 0 Å². The van der Waals surface area contributed by atoms with Crippen LogP contribution in [-0.2, 0) is 14.9 Å². The third kappa shape index (κ3) is 5.27. The van der Waals surface area contributed by atoms with E-state index in [1.165, 1.54) is 24.3 Å². The van der Waals surface area contributed by atoms with Gasteiger partial charge in [-0.05, 0) is 38.1 Å². The number of nitriles is 1. The maximum absolute atomic E-state index is 11.6. The molecule has 0 unspecified atom stereocenters. The van der Waals surface area contributed by atoms with Crippen LogP contribution < -0.4 is 9.44 Å².